The highest BCUT2D eigenvalue weighted by Crippen LogP contribution is 2.39. The lowest BCUT2D eigenvalue weighted by Crippen LogP contribution is -2.52. The van der Waals surface area contributed by atoms with Crippen molar-refractivity contribution in [1.29, 1.82) is 0 Å². The number of aliphatic hydroxyl groups is 3. The maximum absolute atomic E-state index is 14.7. The number of cyclic esters (lactones) is 1. The van der Waals surface area contributed by atoms with E-state index < -0.39 is 53.4 Å². The zero-order valence-electron chi connectivity index (χ0n) is 31.8. The Morgan fingerprint density at radius 1 is 1.26 bits per heavy atom. The standard InChI is InChI=1S/C38H55BrFNO9.CH2O2/c1-9-30(47-8)24(4)34-35(50-34)36(41-21-26-13-14-27(39)19-29(26)40)38(7,46)17-10-11-22(2)33-23(3)12-15-31(48-25(5)42)37(6,45)18-16-28(43)20-32(44)49-33;2-1-3/h10-15,17,19,23-24,28,30-31,33-36,41,43,45-46H,9,16,18,20-21H2,1-8H3;1H,(H,2,3)/b15-12+,17-10+,22-11+;/t23-,24+,28+,30-,31-,33?,34+,35-,36?,37+,38?;/m0./s1. The van der Waals surface area contributed by atoms with Gasteiger partial charge in [0.15, 0.2) is 0 Å². The number of allylic oxidation sites excluding steroid dienone is 2. The molecule has 2 aliphatic heterocycles. The average molecular weight is 815 g/mol. The van der Waals surface area contributed by atoms with E-state index in [-0.39, 0.29) is 62.3 Å². The number of carboxylic acid groups (broad SMARTS) is 1. The Labute approximate surface area is 320 Å². The first-order chi connectivity index (χ1) is 24.8. The van der Waals surface area contributed by atoms with E-state index in [9.17, 15) is 29.3 Å². The van der Waals surface area contributed by atoms with Gasteiger partial charge >= 0.3 is 11.9 Å². The molecule has 3 rings (SSSR count). The predicted octanol–water partition coefficient (Wildman–Crippen LogP) is 5.16. The number of carbonyl (C=O) groups is 3. The number of carbonyl (C=O) groups excluding carboxylic acids is 2. The number of aliphatic hydroxyl groups excluding tert-OH is 1. The van der Waals surface area contributed by atoms with Crippen LogP contribution in [0.1, 0.15) is 79.7 Å². The summed E-state index contributed by atoms with van der Waals surface area (Å²) in [5.41, 5.74) is -1.85. The van der Waals surface area contributed by atoms with Crippen molar-refractivity contribution in [2.24, 2.45) is 11.8 Å². The topological polar surface area (TPSA) is 184 Å². The Bertz CT molecular complexity index is 1440. The summed E-state index contributed by atoms with van der Waals surface area (Å²) in [5, 5.41) is 43.7. The van der Waals surface area contributed by atoms with Crippen molar-refractivity contribution in [3.8, 4) is 0 Å². The van der Waals surface area contributed by atoms with E-state index in [1.165, 1.54) is 19.9 Å². The van der Waals surface area contributed by atoms with E-state index in [4.69, 9.17) is 28.8 Å². The smallest absolute Gasteiger partial charge is 0.309 e. The van der Waals surface area contributed by atoms with E-state index in [1.807, 2.05) is 13.8 Å². The molecule has 298 valence electrons. The second-order valence-electron chi connectivity index (χ2n) is 14.2. The van der Waals surface area contributed by atoms with Crippen molar-refractivity contribution >= 4 is 34.3 Å². The third-order valence-electron chi connectivity index (χ3n) is 9.72. The lowest BCUT2D eigenvalue weighted by Gasteiger charge is -2.32. The Morgan fingerprint density at radius 3 is 2.51 bits per heavy atom. The summed E-state index contributed by atoms with van der Waals surface area (Å²) in [6.07, 6.45) is 5.68. The molecule has 0 aliphatic carbocycles. The van der Waals surface area contributed by atoms with Crippen molar-refractivity contribution in [3.63, 3.8) is 0 Å². The number of nitrogens with one attached hydrogen (secondary N) is 1. The molecule has 53 heavy (non-hydrogen) atoms. The van der Waals surface area contributed by atoms with Crippen LogP contribution in [0.4, 0.5) is 4.39 Å². The van der Waals surface area contributed by atoms with Gasteiger partial charge in [0.2, 0.25) is 0 Å². The molecule has 0 saturated carbocycles. The van der Waals surface area contributed by atoms with Crippen LogP contribution < -0.4 is 5.32 Å². The van der Waals surface area contributed by atoms with E-state index in [0.717, 1.165) is 6.42 Å². The summed E-state index contributed by atoms with van der Waals surface area (Å²) in [5.74, 6) is -1.90. The Kier molecular flexibility index (Phi) is 18.5. The molecule has 2 aliphatic rings. The molecule has 11 atom stereocenters. The third-order valence-corrected chi connectivity index (χ3v) is 10.2. The van der Waals surface area contributed by atoms with Gasteiger partial charge in [-0.2, -0.15) is 0 Å². The first kappa shape index (κ1) is 46.2. The first-order valence-corrected chi connectivity index (χ1v) is 18.6. The highest BCUT2D eigenvalue weighted by Gasteiger charge is 2.54. The maximum atomic E-state index is 14.7. The van der Waals surface area contributed by atoms with Crippen LogP contribution in [0.15, 0.2) is 58.6 Å². The number of benzene rings is 1. The normalized spacial score (nSPS) is 30.2. The van der Waals surface area contributed by atoms with Crippen LogP contribution in [0.5, 0.6) is 0 Å². The largest absolute Gasteiger partial charge is 0.483 e. The highest BCUT2D eigenvalue weighted by atomic mass is 79.9. The Hall–Kier alpha value is -2.98. The molecule has 1 saturated heterocycles. The first-order valence-electron chi connectivity index (χ1n) is 17.8. The summed E-state index contributed by atoms with van der Waals surface area (Å²) in [6, 6.07) is 4.21. The quantitative estimate of drug-likeness (QED) is 0.0581. The Balaban J connectivity index is 0.00000313. The van der Waals surface area contributed by atoms with Gasteiger partial charge in [0.1, 0.15) is 29.7 Å². The minimum atomic E-state index is -1.47. The lowest BCUT2D eigenvalue weighted by atomic mass is 9.87. The summed E-state index contributed by atoms with van der Waals surface area (Å²) in [6.45, 7) is 12.0. The fraction of sp³-hybridized carbons (Fsp3) is 0.615. The van der Waals surface area contributed by atoms with E-state index in [0.29, 0.717) is 15.6 Å². The van der Waals surface area contributed by atoms with Gasteiger partial charge in [-0.1, -0.05) is 67.1 Å². The van der Waals surface area contributed by atoms with E-state index in [1.54, 1.807) is 63.5 Å². The van der Waals surface area contributed by atoms with Crippen LogP contribution in [0.3, 0.4) is 0 Å². The molecule has 3 unspecified atom stereocenters. The van der Waals surface area contributed by atoms with Gasteiger partial charge in [-0.05, 0) is 63.8 Å². The minimum Gasteiger partial charge on any atom is -0.483 e. The molecule has 12 nitrogen and oxygen atoms in total. The molecule has 0 radical (unpaired) electrons. The van der Waals surface area contributed by atoms with Crippen LogP contribution in [0.2, 0.25) is 0 Å². The highest BCUT2D eigenvalue weighted by molar-refractivity contribution is 9.10. The number of epoxide rings is 1. The summed E-state index contributed by atoms with van der Waals surface area (Å²) < 4.78 is 38.4. The molecule has 0 spiro atoms. The summed E-state index contributed by atoms with van der Waals surface area (Å²) >= 11 is 3.29. The second kappa shape index (κ2) is 21.2. The SMILES string of the molecule is CC[C@H](OC)[C@@H](C)[C@H]1O[C@@H]1C(NCc1ccc(Br)cc1F)C(C)(O)/C=C/C=C(\C)C1OC(=O)C[C@H](O)CC[C@@](C)(O)[C@@H](OC(C)=O)/C=C/[C@@H]1C.O=CO. The zero-order valence-corrected chi connectivity index (χ0v) is 33.4. The molecule has 0 bridgehead atoms. The molecule has 5 N–H and O–H groups in total. The number of hydrogen-bond acceptors (Lipinski definition) is 11. The summed E-state index contributed by atoms with van der Waals surface area (Å²) in [4.78, 5) is 33.0. The number of rotatable bonds is 13. The van der Waals surface area contributed by atoms with Gasteiger partial charge in [-0.15, -0.1) is 0 Å². The van der Waals surface area contributed by atoms with Gasteiger partial charge in [-0.3, -0.25) is 14.4 Å². The average Bonchev–Trinajstić information content (AvgIpc) is 3.86. The van der Waals surface area contributed by atoms with Crippen molar-refractivity contribution in [2.45, 2.75) is 135 Å². The fourth-order valence-electron chi connectivity index (χ4n) is 6.56. The van der Waals surface area contributed by atoms with Crippen LogP contribution in [-0.4, -0.2) is 99.8 Å². The van der Waals surface area contributed by atoms with Gasteiger partial charge in [0, 0.05) is 42.5 Å². The molecule has 1 fully saturated rings. The number of ether oxygens (including phenoxy) is 4. The number of hydrogen-bond donors (Lipinski definition) is 5. The summed E-state index contributed by atoms with van der Waals surface area (Å²) in [7, 11) is 1.67. The van der Waals surface area contributed by atoms with Crippen molar-refractivity contribution in [2.75, 3.05) is 7.11 Å². The monoisotopic (exact) mass is 813 g/mol. The van der Waals surface area contributed by atoms with Gasteiger partial charge in [-0.25, -0.2) is 4.39 Å². The molecular weight excluding hydrogens is 757 g/mol. The third kappa shape index (κ3) is 14.3. The molecule has 2 heterocycles. The molecule has 14 heteroatoms. The molecular formula is C39H57BrFNO11. The zero-order chi connectivity index (χ0) is 40.1. The fourth-order valence-corrected chi connectivity index (χ4v) is 6.89. The van der Waals surface area contributed by atoms with Crippen LogP contribution in [-0.2, 0) is 39.9 Å². The number of esters is 2. The van der Waals surface area contributed by atoms with Gasteiger partial charge < -0.3 is 44.7 Å². The number of halogens is 2. The van der Waals surface area contributed by atoms with E-state index >= 15 is 0 Å². The number of methoxy groups -OCH3 is 1. The van der Waals surface area contributed by atoms with Crippen molar-refractivity contribution in [1.82, 2.24) is 5.32 Å². The van der Waals surface area contributed by atoms with Crippen LogP contribution in [0.25, 0.3) is 0 Å². The van der Waals surface area contributed by atoms with Crippen LogP contribution >= 0.6 is 15.9 Å². The molecule has 0 aromatic heterocycles. The van der Waals surface area contributed by atoms with Crippen molar-refractivity contribution < 1.29 is 58.1 Å². The second-order valence-corrected chi connectivity index (χ2v) is 15.2. The van der Waals surface area contributed by atoms with Gasteiger partial charge in [0.05, 0.1) is 36.4 Å². The molecule has 1 aromatic rings. The van der Waals surface area contributed by atoms with E-state index in [2.05, 4.69) is 28.2 Å². The van der Waals surface area contributed by atoms with Crippen LogP contribution in [0, 0.1) is 17.7 Å². The maximum Gasteiger partial charge on any atom is 0.309 e. The van der Waals surface area contributed by atoms with Crippen molar-refractivity contribution in [3.05, 3.63) is 70.0 Å². The molecule has 1 aromatic carbocycles. The minimum absolute atomic E-state index is 0.0260. The molecule has 0 amide bonds. The lowest BCUT2D eigenvalue weighted by molar-refractivity contribution is -0.157. The Morgan fingerprint density at radius 2 is 1.92 bits per heavy atom. The van der Waals surface area contributed by atoms with Gasteiger partial charge in [0.25, 0.3) is 6.47 Å². The predicted molar refractivity (Wildman–Crippen MR) is 200 cm³/mol.